The van der Waals surface area contributed by atoms with Crippen molar-refractivity contribution in [3.63, 3.8) is 0 Å². The summed E-state index contributed by atoms with van der Waals surface area (Å²) in [6.45, 7) is 4.54. The van der Waals surface area contributed by atoms with Crippen molar-refractivity contribution in [3.8, 4) is 28.5 Å². The third-order valence-corrected chi connectivity index (χ3v) is 5.89. The van der Waals surface area contributed by atoms with Crippen LogP contribution in [0.4, 0.5) is 5.69 Å². The molecule has 0 aliphatic rings. The molecular formula is C26H26N4O3S. The van der Waals surface area contributed by atoms with Gasteiger partial charge in [0.05, 0.1) is 37.9 Å². The van der Waals surface area contributed by atoms with E-state index in [1.54, 1.807) is 26.6 Å². The monoisotopic (exact) mass is 474 g/mol. The molecule has 2 aromatic heterocycles. The first kappa shape index (κ1) is 23.3. The summed E-state index contributed by atoms with van der Waals surface area (Å²) in [5.41, 5.74) is 4.30. The van der Waals surface area contributed by atoms with E-state index < -0.39 is 0 Å². The second-order valence-electron chi connectivity index (χ2n) is 7.25. The number of ether oxygens (including phenoxy) is 3. The average Bonchev–Trinajstić information content (AvgIpc) is 3.26. The molecule has 0 bridgehead atoms. The number of hydrogen-bond acceptors (Lipinski definition) is 7. The second kappa shape index (κ2) is 10.8. The van der Waals surface area contributed by atoms with Crippen LogP contribution >= 0.6 is 11.3 Å². The lowest BCUT2D eigenvalue weighted by atomic mass is 10.1. The number of aromatic nitrogens is 2. The molecule has 4 rings (SSSR count). The molecule has 0 saturated heterocycles. The molecule has 0 fully saturated rings. The molecule has 174 valence electrons. The lowest BCUT2D eigenvalue weighted by Gasteiger charge is -2.11. The van der Waals surface area contributed by atoms with Crippen LogP contribution in [-0.2, 0) is 0 Å². The molecule has 7 nitrogen and oxygen atoms in total. The summed E-state index contributed by atoms with van der Waals surface area (Å²) < 4.78 is 18.4. The minimum absolute atomic E-state index is 0.622. The topological polar surface area (TPSA) is 70.2 Å². The first-order chi connectivity index (χ1) is 16.6. The second-order valence-corrected chi connectivity index (χ2v) is 8.08. The van der Waals surface area contributed by atoms with E-state index >= 15 is 0 Å². The van der Waals surface area contributed by atoms with E-state index in [-0.39, 0.29) is 0 Å². The summed E-state index contributed by atoms with van der Waals surface area (Å²) in [6.07, 6.45) is 3.54. The minimum atomic E-state index is 0.622. The fourth-order valence-electron chi connectivity index (χ4n) is 3.35. The maximum atomic E-state index is 5.66. The van der Waals surface area contributed by atoms with Gasteiger partial charge in [-0.1, -0.05) is 6.07 Å². The van der Waals surface area contributed by atoms with Crippen LogP contribution < -0.4 is 19.0 Å². The largest absolute Gasteiger partial charge is 0.497 e. The Labute approximate surface area is 202 Å². The van der Waals surface area contributed by atoms with Gasteiger partial charge in [-0.25, -0.2) is 9.67 Å². The molecule has 4 aromatic rings. The van der Waals surface area contributed by atoms with Crippen molar-refractivity contribution in [2.75, 3.05) is 20.8 Å². The summed E-state index contributed by atoms with van der Waals surface area (Å²) >= 11 is 1.50. The maximum Gasteiger partial charge on any atom is 0.211 e. The van der Waals surface area contributed by atoms with Gasteiger partial charge in [0, 0.05) is 35.0 Å². The molecule has 8 heteroatoms. The van der Waals surface area contributed by atoms with Crippen molar-refractivity contribution in [1.82, 2.24) is 9.66 Å². The van der Waals surface area contributed by atoms with Gasteiger partial charge < -0.3 is 14.2 Å². The van der Waals surface area contributed by atoms with Crippen LogP contribution in [0.25, 0.3) is 11.3 Å². The summed E-state index contributed by atoms with van der Waals surface area (Å²) in [5.74, 6) is 2.22. The van der Waals surface area contributed by atoms with Crippen LogP contribution in [-0.4, -0.2) is 36.2 Å². The zero-order valence-electron chi connectivity index (χ0n) is 19.6. The molecule has 2 aromatic carbocycles. The van der Waals surface area contributed by atoms with E-state index in [2.05, 4.69) is 4.98 Å². The Morgan fingerprint density at radius 1 is 1.03 bits per heavy atom. The van der Waals surface area contributed by atoms with Crippen LogP contribution in [0.2, 0.25) is 0 Å². The number of thiazole rings is 1. The Hall–Kier alpha value is -3.91. The molecule has 2 heterocycles. The van der Waals surface area contributed by atoms with Crippen molar-refractivity contribution in [1.29, 1.82) is 0 Å². The number of benzene rings is 2. The van der Waals surface area contributed by atoms with Crippen LogP contribution in [0.5, 0.6) is 17.2 Å². The van der Waals surface area contributed by atoms with Gasteiger partial charge in [-0.05, 0) is 56.3 Å². The van der Waals surface area contributed by atoms with Gasteiger partial charge in [0.15, 0.2) is 0 Å². The third-order valence-electron chi connectivity index (χ3n) is 5.07. The van der Waals surface area contributed by atoms with Crippen LogP contribution in [0, 0.1) is 0 Å². The normalized spacial score (nSPS) is 12.0. The standard InChI is InChI=1S/C26H26N4O3S/c1-5-33-21-10-8-20(9-11-21)28-26-30(29-18(2)19-7-6-14-27-16-19)24(17-34-26)23-13-12-22(31-3)15-25(23)32-4/h6-17H,5H2,1-4H3/b28-26?,29-18-. The summed E-state index contributed by atoms with van der Waals surface area (Å²) in [6, 6.07) is 17.3. The third kappa shape index (κ3) is 5.18. The van der Waals surface area contributed by atoms with E-state index in [1.807, 2.05) is 78.5 Å². The van der Waals surface area contributed by atoms with Gasteiger partial charge in [0.25, 0.3) is 0 Å². The highest BCUT2D eigenvalue weighted by Gasteiger charge is 2.14. The van der Waals surface area contributed by atoms with Gasteiger partial charge in [0.2, 0.25) is 4.80 Å². The Morgan fingerprint density at radius 2 is 1.82 bits per heavy atom. The number of pyridine rings is 1. The molecule has 0 aliphatic heterocycles. The summed E-state index contributed by atoms with van der Waals surface area (Å²) in [5, 5.41) is 6.95. The smallest absolute Gasteiger partial charge is 0.211 e. The zero-order chi connectivity index (χ0) is 23.9. The van der Waals surface area contributed by atoms with Crippen molar-refractivity contribution in [3.05, 3.63) is 82.7 Å². The van der Waals surface area contributed by atoms with E-state index in [9.17, 15) is 0 Å². The number of nitrogens with zero attached hydrogens (tertiary/aromatic N) is 4. The van der Waals surface area contributed by atoms with Crippen molar-refractivity contribution in [2.24, 2.45) is 10.1 Å². The Kier molecular flexibility index (Phi) is 7.39. The Balaban J connectivity index is 1.87. The number of hydrogen-bond donors (Lipinski definition) is 0. The summed E-state index contributed by atoms with van der Waals surface area (Å²) in [7, 11) is 3.28. The molecule has 0 spiro atoms. The number of rotatable bonds is 8. The zero-order valence-corrected chi connectivity index (χ0v) is 20.4. The van der Waals surface area contributed by atoms with E-state index in [1.165, 1.54) is 11.3 Å². The quantitative estimate of drug-likeness (QED) is 0.315. The molecule has 34 heavy (non-hydrogen) atoms. The van der Waals surface area contributed by atoms with Gasteiger partial charge >= 0.3 is 0 Å². The van der Waals surface area contributed by atoms with E-state index in [4.69, 9.17) is 24.3 Å². The van der Waals surface area contributed by atoms with E-state index in [0.717, 1.165) is 44.5 Å². The van der Waals surface area contributed by atoms with Crippen LogP contribution in [0.15, 0.2) is 82.5 Å². The van der Waals surface area contributed by atoms with E-state index in [0.29, 0.717) is 12.4 Å². The summed E-state index contributed by atoms with van der Waals surface area (Å²) in [4.78, 5) is 9.80. The fraction of sp³-hybridized carbons (Fsp3) is 0.192. The minimum Gasteiger partial charge on any atom is -0.497 e. The van der Waals surface area contributed by atoms with Crippen molar-refractivity contribution < 1.29 is 14.2 Å². The van der Waals surface area contributed by atoms with Gasteiger partial charge in [-0.15, -0.1) is 11.3 Å². The SMILES string of the molecule is CCOc1ccc(N=c2scc(-c3ccc(OC)cc3OC)n2/N=C(/C)c2cccnc2)cc1. The first-order valence-corrected chi connectivity index (χ1v) is 11.7. The molecule has 0 atom stereocenters. The Morgan fingerprint density at radius 3 is 2.50 bits per heavy atom. The van der Waals surface area contributed by atoms with Gasteiger partial charge in [-0.2, -0.15) is 5.10 Å². The predicted molar refractivity (Wildman–Crippen MR) is 136 cm³/mol. The molecule has 0 amide bonds. The highest BCUT2D eigenvalue weighted by molar-refractivity contribution is 7.07. The van der Waals surface area contributed by atoms with Crippen LogP contribution in [0.3, 0.4) is 0 Å². The average molecular weight is 475 g/mol. The molecule has 0 N–H and O–H groups in total. The predicted octanol–water partition coefficient (Wildman–Crippen LogP) is 5.53. The van der Waals surface area contributed by atoms with Crippen molar-refractivity contribution in [2.45, 2.75) is 13.8 Å². The highest BCUT2D eigenvalue weighted by atomic mass is 32.1. The number of methoxy groups -OCH3 is 2. The van der Waals surface area contributed by atoms with Gasteiger partial charge in [-0.3, -0.25) is 4.98 Å². The molecule has 0 saturated carbocycles. The Bertz CT molecular complexity index is 1340. The fourth-order valence-corrected chi connectivity index (χ4v) is 4.19. The lowest BCUT2D eigenvalue weighted by molar-refractivity contribution is 0.340. The van der Waals surface area contributed by atoms with Crippen LogP contribution in [0.1, 0.15) is 19.4 Å². The van der Waals surface area contributed by atoms with Gasteiger partial charge in [0.1, 0.15) is 17.2 Å². The molecule has 0 aliphatic carbocycles. The molecule has 0 unspecified atom stereocenters. The molecule has 0 radical (unpaired) electrons. The van der Waals surface area contributed by atoms with Crippen molar-refractivity contribution >= 4 is 22.7 Å². The lowest BCUT2D eigenvalue weighted by Crippen LogP contribution is -2.14. The highest BCUT2D eigenvalue weighted by Crippen LogP contribution is 2.34. The maximum absolute atomic E-state index is 5.66. The first-order valence-electron chi connectivity index (χ1n) is 10.8. The molecular weight excluding hydrogens is 448 g/mol.